The lowest BCUT2D eigenvalue weighted by molar-refractivity contribution is 0.0532. The summed E-state index contributed by atoms with van der Waals surface area (Å²) in [7, 11) is 0. The summed E-state index contributed by atoms with van der Waals surface area (Å²) in [4.78, 5) is 45.2. The van der Waals surface area contributed by atoms with Gasteiger partial charge in [-0.25, -0.2) is 14.5 Å². The number of hydrogen-bond acceptors (Lipinski definition) is 5. The molecule has 36 heavy (non-hydrogen) atoms. The number of benzene rings is 1. The fourth-order valence-electron chi connectivity index (χ4n) is 4.88. The smallest absolute Gasteiger partial charge is 0.267 e. The van der Waals surface area contributed by atoms with E-state index in [0.717, 1.165) is 48.1 Å². The second kappa shape index (κ2) is 10.2. The monoisotopic (exact) mass is 509 g/mol. The number of piperazine rings is 1. The van der Waals surface area contributed by atoms with Gasteiger partial charge in [0.2, 0.25) is 0 Å². The average Bonchev–Trinajstić information content (AvgIpc) is 2.91. The molecule has 2 amide bonds. The van der Waals surface area contributed by atoms with Crippen LogP contribution in [0.3, 0.4) is 0 Å². The lowest BCUT2D eigenvalue weighted by atomic mass is 9.90. The first-order valence-corrected chi connectivity index (χ1v) is 12.4. The molecule has 8 nitrogen and oxygen atoms in total. The van der Waals surface area contributed by atoms with Gasteiger partial charge in [-0.05, 0) is 61.1 Å². The Labute approximate surface area is 212 Å². The number of hydrogen-bond donors (Lipinski definition) is 1. The van der Waals surface area contributed by atoms with Crippen LogP contribution >= 0.6 is 11.6 Å². The number of nitrogens with one attached hydrogen (secondary N) is 1. The zero-order valence-corrected chi connectivity index (χ0v) is 20.4. The van der Waals surface area contributed by atoms with Gasteiger partial charge in [0.05, 0.1) is 16.8 Å². The molecule has 3 aromatic rings. The van der Waals surface area contributed by atoms with E-state index in [0.29, 0.717) is 43.3 Å². The molecule has 0 unspecified atom stereocenters. The maximum atomic E-state index is 14.7. The van der Waals surface area contributed by atoms with Crippen molar-refractivity contribution in [2.45, 2.75) is 32.1 Å². The van der Waals surface area contributed by atoms with Crippen LogP contribution in [0.15, 0.2) is 41.3 Å². The molecule has 2 aliphatic rings. The number of H-pyrrole nitrogens is 1. The Balaban J connectivity index is 1.28. The first-order valence-electron chi connectivity index (χ1n) is 12.0. The number of amides is 2. The molecule has 0 saturated carbocycles. The van der Waals surface area contributed by atoms with Crippen LogP contribution in [0.25, 0.3) is 0 Å². The fourth-order valence-corrected chi connectivity index (χ4v) is 4.99. The van der Waals surface area contributed by atoms with E-state index in [2.05, 4.69) is 15.2 Å². The Kier molecular flexibility index (Phi) is 6.82. The number of rotatable bonds is 4. The molecule has 1 aromatic carbocycles. The molecule has 1 aliphatic carbocycles. The van der Waals surface area contributed by atoms with E-state index >= 15 is 0 Å². The quantitative estimate of drug-likeness (QED) is 0.545. The van der Waals surface area contributed by atoms with Crippen LogP contribution in [0, 0.1) is 5.82 Å². The molecule has 1 N–H and O–H groups in total. The lowest BCUT2D eigenvalue weighted by Crippen LogP contribution is -2.50. The van der Waals surface area contributed by atoms with E-state index < -0.39 is 11.7 Å². The summed E-state index contributed by atoms with van der Waals surface area (Å²) >= 11 is 5.79. The Morgan fingerprint density at radius 2 is 1.67 bits per heavy atom. The number of aromatic amines is 1. The molecule has 5 rings (SSSR count). The van der Waals surface area contributed by atoms with Crippen molar-refractivity contribution in [2.24, 2.45) is 0 Å². The summed E-state index contributed by atoms with van der Waals surface area (Å²) in [5.41, 5.74) is 3.54. The summed E-state index contributed by atoms with van der Waals surface area (Å²) in [6, 6.07) is 7.68. The molecule has 1 fully saturated rings. The third-order valence-electron chi connectivity index (χ3n) is 6.84. The molecule has 1 saturated heterocycles. The molecule has 0 spiro atoms. The molecule has 0 radical (unpaired) electrons. The third-order valence-corrected chi connectivity index (χ3v) is 7.07. The number of carbonyl (C=O) groups is 2. The number of aromatic nitrogens is 3. The van der Waals surface area contributed by atoms with Crippen LogP contribution in [-0.4, -0.2) is 63.0 Å². The molecule has 2 aromatic heterocycles. The molecule has 0 atom stereocenters. The lowest BCUT2D eigenvalue weighted by Gasteiger charge is -2.35. The van der Waals surface area contributed by atoms with Crippen molar-refractivity contribution in [1.82, 2.24) is 25.0 Å². The minimum absolute atomic E-state index is 0.00697. The Bertz CT molecular complexity index is 1370. The van der Waals surface area contributed by atoms with E-state index in [9.17, 15) is 18.8 Å². The molecule has 3 heterocycles. The second-order valence-corrected chi connectivity index (χ2v) is 9.50. The standard InChI is InChI=1S/C26H25ClFN5O3/c27-23-8-6-17(15-29-23)25(35)32-9-11-33(12-10-32)26(36)20-13-16(5-7-21(20)28)14-22-18-3-1-2-4-19(18)24(34)31-30-22/h5-8,13,15H,1-4,9-12,14H2,(H,31,34). The predicted molar refractivity (Wildman–Crippen MR) is 132 cm³/mol. The molecular formula is C26H25ClFN5O3. The highest BCUT2D eigenvalue weighted by Crippen LogP contribution is 2.23. The predicted octanol–water partition coefficient (Wildman–Crippen LogP) is 3.03. The Hall–Kier alpha value is -3.59. The zero-order valence-electron chi connectivity index (χ0n) is 19.6. The Morgan fingerprint density at radius 1 is 0.972 bits per heavy atom. The van der Waals surface area contributed by atoms with E-state index in [-0.39, 0.29) is 17.0 Å². The van der Waals surface area contributed by atoms with E-state index in [4.69, 9.17) is 11.6 Å². The minimum Gasteiger partial charge on any atom is -0.335 e. The van der Waals surface area contributed by atoms with Crippen LogP contribution in [0.1, 0.15) is 55.9 Å². The first kappa shape index (κ1) is 24.1. The van der Waals surface area contributed by atoms with Crippen molar-refractivity contribution < 1.29 is 14.0 Å². The highest BCUT2D eigenvalue weighted by Gasteiger charge is 2.27. The number of halogens is 2. The van der Waals surface area contributed by atoms with Crippen molar-refractivity contribution in [3.8, 4) is 0 Å². The topological polar surface area (TPSA) is 99.3 Å². The summed E-state index contributed by atoms with van der Waals surface area (Å²) < 4.78 is 14.7. The maximum absolute atomic E-state index is 14.7. The normalized spacial score (nSPS) is 15.5. The number of nitrogens with zero attached hydrogens (tertiary/aromatic N) is 4. The maximum Gasteiger partial charge on any atom is 0.267 e. The Morgan fingerprint density at radius 3 is 2.36 bits per heavy atom. The third kappa shape index (κ3) is 4.88. The van der Waals surface area contributed by atoms with Gasteiger partial charge >= 0.3 is 0 Å². The van der Waals surface area contributed by atoms with Crippen molar-refractivity contribution in [1.29, 1.82) is 0 Å². The van der Waals surface area contributed by atoms with Crippen LogP contribution in [-0.2, 0) is 19.3 Å². The largest absolute Gasteiger partial charge is 0.335 e. The fraction of sp³-hybridized carbons (Fsp3) is 0.346. The SMILES string of the molecule is O=C(c1ccc(Cl)nc1)N1CCN(C(=O)c2cc(Cc3n[nH]c(=O)c4c3CCCC4)ccc2F)CC1. The van der Waals surface area contributed by atoms with Crippen LogP contribution in [0.4, 0.5) is 4.39 Å². The second-order valence-electron chi connectivity index (χ2n) is 9.11. The molecule has 0 bridgehead atoms. The minimum atomic E-state index is -0.592. The average molecular weight is 510 g/mol. The van der Waals surface area contributed by atoms with Gasteiger partial charge in [0.1, 0.15) is 11.0 Å². The molecular weight excluding hydrogens is 485 g/mol. The van der Waals surface area contributed by atoms with E-state index in [1.165, 1.54) is 12.3 Å². The van der Waals surface area contributed by atoms with Crippen LogP contribution in [0.5, 0.6) is 0 Å². The van der Waals surface area contributed by atoms with Gasteiger partial charge in [0.15, 0.2) is 0 Å². The highest BCUT2D eigenvalue weighted by atomic mass is 35.5. The van der Waals surface area contributed by atoms with E-state index in [1.54, 1.807) is 34.1 Å². The van der Waals surface area contributed by atoms with Crippen LogP contribution < -0.4 is 5.56 Å². The van der Waals surface area contributed by atoms with Crippen molar-refractivity contribution >= 4 is 23.4 Å². The summed E-state index contributed by atoms with van der Waals surface area (Å²) in [5, 5.41) is 7.14. The van der Waals surface area contributed by atoms with Gasteiger partial charge in [-0.3, -0.25) is 14.4 Å². The van der Waals surface area contributed by atoms with Gasteiger partial charge in [0.25, 0.3) is 17.4 Å². The number of fused-ring (bicyclic) bond motifs is 1. The number of pyridine rings is 1. The first-order chi connectivity index (χ1) is 17.4. The van der Waals surface area contributed by atoms with Gasteiger partial charge < -0.3 is 9.80 Å². The van der Waals surface area contributed by atoms with Gasteiger partial charge in [-0.15, -0.1) is 0 Å². The van der Waals surface area contributed by atoms with Gasteiger partial charge in [-0.2, -0.15) is 5.10 Å². The van der Waals surface area contributed by atoms with Gasteiger partial charge in [0, 0.05) is 44.4 Å². The summed E-state index contributed by atoms with van der Waals surface area (Å²) in [6.45, 7) is 1.26. The van der Waals surface area contributed by atoms with Crippen LogP contribution in [0.2, 0.25) is 5.15 Å². The van der Waals surface area contributed by atoms with Crippen molar-refractivity contribution in [3.63, 3.8) is 0 Å². The molecule has 1 aliphatic heterocycles. The van der Waals surface area contributed by atoms with Crippen molar-refractivity contribution in [2.75, 3.05) is 26.2 Å². The van der Waals surface area contributed by atoms with E-state index in [1.807, 2.05) is 0 Å². The van der Waals surface area contributed by atoms with Gasteiger partial charge in [-0.1, -0.05) is 17.7 Å². The summed E-state index contributed by atoms with van der Waals surface area (Å²) in [5.74, 6) is -1.19. The van der Waals surface area contributed by atoms with Crippen molar-refractivity contribution in [3.05, 3.63) is 91.4 Å². The number of carbonyl (C=O) groups excluding carboxylic acids is 2. The highest BCUT2D eigenvalue weighted by molar-refractivity contribution is 6.29. The summed E-state index contributed by atoms with van der Waals surface area (Å²) in [6.07, 6.45) is 5.33. The molecule has 186 valence electrons. The molecule has 10 heteroatoms. The zero-order chi connectivity index (χ0) is 25.2.